The minimum atomic E-state index is -0.536. The van der Waals surface area contributed by atoms with Crippen LogP contribution in [0.15, 0.2) is 18.2 Å². The van der Waals surface area contributed by atoms with Crippen LogP contribution < -0.4 is 5.32 Å². The van der Waals surface area contributed by atoms with E-state index in [4.69, 9.17) is 21.1 Å². The summed E-state index contributed by atoms with van der Waals surface area (Å²) in [4.78, 5) is 10.3. The van der Waals surface area contributed by atoms with Gasteiger partial charge in [-0.3, -0.25) is 4.79 Å². The van der Waals surface area contributed by atoms with Crippen molar-refractivity contribution < 1.29 is 14.3 Å². The fourth-order valence-electron chi connectivity index (χ4n) is 1.23. The highest BCUT2D eigenvalue weighted by atomic mass is 35.5. The van der Waals surface area contributed by atoms with E-state index in [2.05, 4.69) is 5.32 Å². The van der Waals surface area contributed by atoms with Crippen molar-refractivity contribution in [2.75, 3.05) is 19.5 Å². The zero-order valence-corrected chi connectivity index (χ0v) is 9.25. The predicted octanol–water partition coefficient (Wildman–Crippen LogP) is 2.20. The second-order valence-corrected chi connectivity index (χ2v) is 3.21. The van der Waals surface area contributed by atoms with Crippen LogP contribution in [0.1, 0.15) is 11.9 Å². The highest BCUT2D eigenvalue weighted by molar-refractivity contribution is 6.31. The van der Waals surface area contributed by atoms with Gasteiger partial charge in [-0.25, -0.2) is 0 Å². The van der Waals surface area contributed by atoms with Crippen molar-refractivity contribution in [3.05, 3.63) is 28.8 Å². The molecule has 5 heteroatoms. The molecular weight excluding hydrogens is 218 g/mol. The van der Waals surface area contributed by atoms with Gasteiger partial charge in [0.1, 0.15) is 0 Å². The first-order valence-corrected chi connectivity index (χ1v) is 4.66. The molecule has 0 bridgehead atoms. The van der Waals surface area contributed by atoms with Crippen LogP contribution in [-0.4, -0.2) is 20.6 Å². The Morgan fingerprint density at radius 3 is 2.60 bits per heavy atom. The Balaban J connectivity index is 3.03. The number of hydrogen-bond acceptors (Lipinski definition) is 3. The fourth-order valence-corrected chi connectivity index (χ4v) is 1.44. The molecule has 1 amide bonds. The molecule has 0 aliphatic carbocycles. The number of methoxy groups -OCH3 is 2. The van der Waals surface area contributed by atoms with Crippen LogP contribution >= 0.6 is 11.6 Å². The van der Waals surface area contributed by atoms with Crippen molar-refractivity contribution >= 4 is 23.7 Å². The molecule has 0 radical (unpaired) electrons. The van der Waals surface area contributed by atoms with Crippen LogP contribution in [0.4, 0.5) is 5.69 Å². The molecular formula is C10H12ClNO3. The molecule has 1 N–H and O–H groups in total. The van der Waals surface area contributed by atoms with Gasteiger partial charge in [0.25, 0.3) is 0 Å². The maximum Gasteiger partial charge on any atom is 0.211 e. The summed E-state index contributed by atoms with van der Waals surface area (Å²) in [5.74, 6) is 0. The number of carbonyl (C=O) groups is 1. The number of nitrogens with one attached hydrogen (secondary N) is 1. The third-order valence-electron chi connectivity index (χ3n) is 1.90. The van der Waals surface area contributed by atoms with Crippen molar-refractivity contribution in [2.45, 2.75) is 6.29 Å². The van der Waals surface area contributed by atoms with Gasteiger partial charge in [-0.1, -0.05) is 11.6 Å². The molecule has 0 aromatic heterocycles. The molecule has 4 nitrogen and oxygen atoms in total. The van der Waals surface area contributed by atoms with E-state index in [0.717, 1.165) is 0 Å². The van der Waals surface area contributed by atoms with E-state index in [1.165, 1.54) is 14.2 Å². The normalized spacial score (nSPS) is 10.4. The van der Waals surface area contributed by atoms with Crippen molar-refractivity contribution in [1.29, 1.82) is 0 Å². The van der Waals surface area contributed by atoms with E-state index in [9.17, 15) is 4.79 Å². The van der Waals surface area contributed by atoms with Crippen LogP contribution in [0.2, 0.25) is 5.02 Å². The van der Waals surface area contributed by atoms with E-state index in [-0.39, 0.29) is 0 Å². The Bertz CT molecular complexity index is 339. The van der Waals surface area contributed by atoms with E-state index >= 15 is 0 Å². The number of rotatable bonds is 5. The number of anilines is 1. The number of benzene rings is 1. The molecule has 1 aromatic rings. The first-order valence-electron chi connectivity index (χ1n) is 4.28. The molecule has 1 rings (SSSR count). The molecule has 0 fully saturated rings. The third kappa shape index (κ3) is 2.92. The van der Waals surface area contributed by atoms with Gasteiger partial charge in [-0.15, -0.1) is 0 Å². The lowest BCUT2D eigenvalue weighted by Crippen LogP contribution is -2.05. The topological polar surface area (TPSA) is 47.6 Å². The lowest BCUT2D eigenvalue weighted by Gasteiger charge is -2.15. The summed E-state index contributed by atoms with van der Waals surface area (Å²) in [5, 5.41) is 3.06. The summed E-state index contributed by atoms with van der Waals surface area (Å²) in [6.45, 7) is 0. The van der Waals surface area contributed by atoms with Crippen LogP contribution in [0.3, 0.4) is 0 Å². The monoisotopic (exact) mass is 229 g/mol. The quantitative estimate of drug-likeness (QED) is 0.622. The van der Waals surface area contributed by atoms with E-state index in [1.807, 2.05) is 0 Å². The van der Waals surface area contributed by atoms with Crippen LogP contribution in [0.25, 0.3) is 0 Å². The number of carbonyl (C=O) groups excluding carboxylic acids is 1. The SMILES string of the molecule is COC(OC)c1cc(NC=O)ccc1Cl. The minimum Gasteiger partial charge on any atom is -0.352 e. The molecule has 1 aromatic carbocycles. The Labute approximate surface area is 93.1 Å². The number of halogens is 1. The molecule has 15 heavy (non-hydrogen) atoms. The zero-order valence-electron chi connectivity index (χ0n) is 8.49. The first kappa shape index (κ1) is 12.0. The number of amides is 1. The maximum atomic E-state index is 10.3. The van der Waals surface area contributed by atoms with Crippen molar-refractivity contribution in [3.63, 3.8) is 0 Å². The standard InChI is InChI=1S/C10H12ClNO3/c1-14-10(15-2)8-5-7(12-6-13)3-4-9(8)11/h3-6,10H,1-2H3,(H,12,13). The molecule has 0 saturated carbocycles. The van der Waals surface area contributed by atoms with Gasteiger partial charge in [0.15, 0.2) is 6.29 Å². The Morgan fingerprint density at radius 2 is 2.07 bits per heavy atom. The van der Waals surface area contributed by atoms with Crippen molar-refractivity contribution in [3.8, 4) is 0 Å². The molecule has 0 aliphatic rings. The van der Waals surface area contributed by atoms with Gasteiger partial charge in [0, 0.05) is 30.5 Å². The van der Waals surface area contributed by atoms with Crippen LogP contribution in [0, 0.1) is 0 Å². The lowest BCUT2D eigenvalue weighted by molar-refractivity contribution is -0.106. The molecule has 0 unspecified atom stereocenters. The van der Waals surface area contributed by atoms with E-state index in [1.54, 1.807) is 18.2 Å². The second kappa shape index (κ2) is 5.70. The van der Waals surface area contributed by atoms with Crippen LogP contribution in [-0.2, 0) is 14.3 Å². The largest absolute Gasteiger partial charge is 0.352 e. The Morgan fingerprint density at radius 1 is 1.40 bits per heavy atom. The summed E-state index contributed by atoms with van der Waals surface area (Å²) in [6, 6.07) is 5.07. The maximum absolute atomic E-state index is 10.3. The molecule has 0 heterocycles. The van der Waals surface area contributed by atoms with Gasteiger partial charge in [0.2, 0.25) is 6.41 Å². The van der Waals surface area contributed by atoms with Gasteiger partial charge < -0.3 is 14.8 Å². The average Bonchev–Trinajstić information content (AvgIpc) is 2.24. The first-order chi connectivity index (χ1) is 7.22. The van der Waals surface area contributed by atoms with Crippen LogP contribution in [0.5, 0.6) is 0 Å². The fraction of sp³-hybridized carbons (Fsp3) is 0.300. The van der Waals surface area contributed by atoms with Crippen molar-refractivity contribution in [2.24, 2.45) is 0 Å². The third-order valence-corrected chi connectivity index (χ3v) is 2.25. The van der Waals surface area contributed by atoms with Gasteiger partial charge >= 0.3 is 0 Å². The molecule has 0 saturated heterocycles. The average molecular weight is 230 g/mol. The second-order valence-electron chi connectivity index (χ2n) is 2.80. The summed E-state index contributed by atoms with van der Waals surface area (Å²) < 4.78 is 10.2. The summed E-state index contributed by atoms with van der Waals surface area (Å²) in [7, 11) is 3.04. The predicted molar refractivity (Wildman–Crippen MR) is 57.9 cm³/mol. The molecule has 82 valence electrons. The van der Waals surface area contributed by atoms with Gasteiger partial charge in [0.05, 0.1) is 0 Å². The van der Waals surface area contributed by atoms with E-state index in [0.29, 0.717) is 22.7 Å². The summed E-state index contributed by atoms with van der Waals surface area (Å²) >= 11 is 5.97. The van der Waals surface area contributed by atoms with Gasteiger partial charge in [-0.2, -0.15) is 0 Å². The van der Waals surface area contributed by atoms with E-state index < -0.39 is 6.29 Å². The number of ether oxygens (including phenoxy) is 2. The summed E-state index contributed by atoms with van der Waals surface area (Å²) in [6.07, 6.45) is 0.0626. The van der Waals surface area contributed by atoms with Crippen molar-refractivity contribution in [1.82, 2.24) is 0 Å². The smallest absolute Gasteiger partial charge is 0.211 e. The highest BCUT2D eigenvalue weighted by Crippen LogP contribution is 2.28. The van der Waals surface area contributed by atoms with Gasteiger partial charge in [-0.05, 0) is 18.2 Å². The Kier molecular flexibility index (Phi) is 4.55. The zero-order chi connectivity index (χ0) is 11.3. The molecule has 0 atom stereocenters. The minimum absolute atomic E-state index is 0.528. The molecule has 0 aliphatic heterocycles. The Hall–Kier alpha value is -1.10. The lowest BCUT2D eigenvalue weighted by atomic mass is 10.2. The summed E-state index contributed by atoms with van der Waals surface area (Å²) in [5.41, 5.74) is 1.32. The molecule has 0 spiro atoms. The number of hydrogen-bond donors (Lipinski definition) is 1. The highest BCUT2D eigenvalue weighted by Gasteiger charge is 2.13.